The van der Waals surface area contributed by atoms with Crippen molar-refractivity contribution < 1.29 is 4.74 Å². The number of rotatable bonds is 4. The molecule has 0 bridgehead atoms. The molecule has 1 unspecified atom stereocenters. The second kappa shape index (κ2) is 6.76. The molecule has 1 heterocycles. The van der Waals surface area contributed by atoms with Crippen molar-refractivity contribution in [2.45, 2.75) is 40.5 Å². The van der Waals surface area contributed by atoms with Gasteiger partial charge < -0.3 is 4.74 Å². The number of allylic oxidation sites excluding steroid dienone is 3. The molecule has 0 saturated heterocycles. The third-order valence-corrected chi connectivity index (χ3v) is 4.76. The Morgan fingerprint density at radius 1 is 1.12 bits per heavy atom. The third kappa shape index (κ3) is 3.66. The van der Waals surface area contributed by atoms with Gasteiger partial charge >= 0.3 is 0 Å². The van der Waals surface area contributed by atoms with Crippen molar-refractivity contribution in [1.29, 1.82) is 0 Å². The molecule has 0 spiro atoms. The average molecular weight is 322 g/mol. The molecule has 3 heteroatoms. The van der Waals surface area contributed by atoms with E-state index < -0.39 is 0 Å². The van der Waals surface area contributed by atoms with Crippen LogP contribution in [0.25, 0.3) is 10.9 Å². The predicted octanol–water partition coefficient (Wildman–Crippen LogP) is 5.34. The minimum absolute atomic E-state index is 0.257. The number of para-hydroxylation sites is 1. The third-order valence-electron chi connectivity index (χ3n) is 4.76. The van der Waals surface area contributed by atoms with Crippen molar-refractivity contribution in [3.63, 3.8) is 0 Å². The largest absolute Gasteiger partial charge is 0.477 e. The molecular formula is C21H26N2O. The lowest BCUT2D eigenvalue weighted by Gasteiger charge is -2.29. The summed E-state index contributed by atoms with van der Waals surface area (Å²) in [4.78, 5) is 8.56. The molecule has 1 aromatic heterocycles. The van der Waals surface area contributed by atoms with Crippen LogP contribution in [0.5, 0.6) is 5.88 Å². The summed E-state index contributed by atoms with van der Waals surface area (Å²) in [5.74, 6) is 1.26. The maximum Gasteiger partial charge on any atom is 0.224 e. The molecule has 3 rings (SSSR count). The summed E-state index contributed by atoms with van der Waals surface area (Å²) >= 11 is 0. The van der Waals surface area contributed by atoms with Gasteiger partial charge in [0.25, 0.3) is 0 Å². The molecule has 0 aliphatic heterocycles. The van der Waals surface area contributed by atoms with Crippen molar-refractivity contribution in [2.75, 3.05) is 6.61 Å². The zero-order valence-corrected chi connectivity index (χ0v) is 15.0. The van der Waals surface area contributed by atoms with Crippen LogP contribution in [0.1, 0.15) is 40.5 Å². The molecule has 1 atom stereocenters. The Hall–Kier alpha value is -2.16. The van der Waals surface area contributed by atoms with Crippen molar-refractivity contribution in [1.82, 2.24) is 9.97 Å². The molecular weight excluding hydrogens is 296 g/mol. The van der Waals surface area contributed by atoms with Crippen molar-refractivity contribution in [3.8, 4) is 5.88 Å². The Morgan fingerprint density at radius 3 is 2.67 bits per heavy atom. The van der Waals surface area contributed by atoms with Gasteiger partial charge in [0, 0.05) is 6.42 Å². The van der Waals surface area contributed by atoms with Crippen LogP contribution in [0.2, 0.25) is 0 Å². The number of nitrogens with zero attached hydrogens (tertiary/aromatic N) is 2. The van der Waals surface area contributed by atoms with Gasteiger partial charge in [0.2, 0.25) is 5.88 Å². The fraction of sp³-hybridized carbons (Fsp3) is 0.429. The molecule has 2 aromatic rings. The quantitative estimate of drug-likeness (QED) is 0.762. The van der Waals surface area contributed by atoms with E-state index in [2.05, 4.69) is 49.8 Å². The summed E-state index contributed by atoms with van der Waals surface area (Å²) in [6.45, 7) is 9.82. The highest BCUT2D eigenvalue weighted by molar-refractivity contribution is 5.82. The van der Waals surface area contributed by atoms with Gasteiger partial charge in [-0.05, 0) is 29.9 Å². The van der Waals surface area contributed by atoms with Gasteiger partial charge in [0.1, 0.15) is 6.33 Å². The van der Waals surface area contributed by atoms with Crippen LogP contribution >= 0.6 is 0 Å². The van der Waals surface area contributed by atoms with Gasteiger partial charge in [-0.2, -0.15) is 0 Å². The minimum atomic E-state index is 0.257. The summed E-state index contributed by atoms with van der Waals surface area (Å²) in [5, 5.41) is 0.973. The van der Waals surface area contributed by atoms with Crippen molar-refractivity contribution in [2.24, 2.45) is 11.3 Å². The predicted molar refractivity (Wildman–Crippen MR) is 99.1 cm³/mol. The van der Waals surface area contributed by atoms with E-state index in [4.69, 9.17) is 4.74 Å². The summed E-state index contributed by atoms with van der Waals surface area (Å²) in [7, 11) is 0. The topological polar surface area (TPSA) is 35.0 Å². The van der Waals surface area contributed by atoms with Crippen LogP contribution in [0.4, 0.5) is 0 Å². The number of ether oxygens (including phenoxy) is 1. The zero-order valence-electron chi connectivity index (χ0n) is 15.0. The Morgan fingerprint density at radius 2 is 1.92 bits per heavy atom. The highest BCUT2D eigenvalue weighted by Crippen LogP contribution is 2.36. The molecule has 0 amide bonds. The summed E-state index contributed by atoms with van der Waals surface area (Å²) in [6, 6.07) is 7.95. The number of hydrogen-bond acceptors (Lipinski definition) is 3. The normalized spacial score (nSPS) is 18.2. The number of hydrogen-bond donors (Lipinski definition) is 0. The number of benzene rings is 1. The van der Waals surface area contributed by atoms with Gasteiger partial charge in [-0.1, -0.05) is 63.1 Å². The van der Waals surface area contributed by atoms with Crippen molar-refractivity contribution in [3.05, 3.63) is 53.9 Å². The molecule has 24 heavy (non-hydrogen) atoms. The number of aromatic nitrogens is 2. The summed E-state index contributed by atoms with van der Waals surface area (Å²) in [6.07, 6.45) is 8.24. The first kappa shape index (κ1) is 16.7. The van der Waals surface area contributed by atoms with E-state index in [1.165, 1.54) is 11.1 Å². The van der Waals surface area contributed by atoms with E-state index in [-0.39, 0.29) is 5.41 Å². The van der Waals surface area contributed by atoms with Crippen LogP contribution in [0, 0.1) is 11.3 Å². The second-order valence-corrected chi connectivity index (χ2v) is 7.58. The smallest absolute Gasteiger partial charge is 0.224 e. The van der Waals surface area contributed by atoms with E-state index >= 15 is 0 Å². The minimum Gasteiger partial charge on any atom is -0.477 e. The van der Waals surface area contributed by atoms with Gasteiger partial charge in [0.15, 0.2) is 0 Å². The lowest BCUT2D eigenvalue weighted by molar-refractivity contribution is 0.307. The van der Waals surface area contributed by atoms with E-state index in [1.54, 1.807) is 6.33 Å². The molecule has 0 saturated carbocycles. The van der Waals surface area contributed by atoms with E-state index in [0.29, 0.717) is 18.4 Å². The molecule has 0 fully saturated rings. The first-order valence-corrected chi connectivity index (χ1v) is 8.68. The van der Waals surface area contributed by atoms with Crippen LogP contribution in [0.3, 0.4) is 0 Å². The highest BCUT2D eigenvalue weighted by atomic mass is 16.5. The SMILES string of the molecule is CC1CC(C(C)(C)C)=CC=C1CCOc1ncnc2ccccc12. The molecule has 1 aliphatic rings. The number of fused-ring (bicyclic) bond motifs is 1. The van der Waals surface area contributed by atoms with E-state index in [0.717, 1.165) is 23.7 Å². The summed E-state index contributed by atoms with van der Waals surface area (Å²) in [5.41, 5.74) is 4.17. The lowest BCUT2D eigenvalue weighted by Crippen LogP contribution is -2.17. The second-order valence-electron chi connectivity index (χ2n) is 7.58. The Labute approximate surface area is 144 Å². The Kier molecular flexibility index (Phi) is 4.70. The lowest BCUT2D eigenvalue weighted by atomic mass is 9.76. The highest BCUT2D eigenvalue weighted by Gasteiger charge is 2.23. The maximum absolute atomic E-state index is 5.95. The van der Waals surface area contributed by atoms with E-state index in [9.17, 15) is 0 Å². The fourth-order valence-corrected chi connectivity index (χ4v) is 3.15. The molecule has 0 radical (unpaired) electrons. The van der Waals surface area contributed by atoms with Crippen LogP contribution in [-0.4, -0.2) is 16.6 Å². The molecule has 3 nitrogen and oxygen atoms in total. The van der Waals surface area contributed by atoms with Crippen LogP contribution in [0.15, 0.2) is 53.9 Å². The first-order chi connectivity index (χ1) is 11.4. The Balaban J connectivity index is 1.66. The molecule has 1 aliphatic carbocycles. The maximum atomic E-state index is 5.95. The fourth-order valence-electron chi connectivity index (χ4n) is 3.15. The molecule has 126 valence electrons. The summed E-state index contributed by atoms with van der Waals surface area (Å²) < 4.78 is 5.95. The average Bonchev–Trinajstić information content (AvgIpc) is 2.55. The van der Waals surface area contributed by atoms with Crippen LogP contribution < -0.4 is 4.74 Å². The first-order valence-electron chi connectivity index (χ1n) is 8.68. The monoisotopic (exact) mass is 322 g/mol. The molecule has 1 aromatic carbocycles. The van der Waals surface area contributed by atoms with Crippen LogP contribution in [-0.2, 0) is 0 Å². The van der Waals surface area contributed by atoms with Gasteiger partial charge in [-0.3, -0.25) is 0 Å². The molecule has 0 N–H and O–H groups in total. The van der Waals surface area contributed by atoms with E-state index in [1.807, 2.05) is 24.3 Å². The van der Waals surface area contributed by atoms with Gasteiger partial charge in [-0.15, -0.1) is 0 Å². The standard InChI is InChI=1S/C21H26N2O/c1-15-13-17(21(2,3)4)10-9-16(15)11-12-24-20-18-7-5-6-8-19(18)22-14-23-20/h5-10,14-15H,11-13H2,1-4H3. The Bertz CT molecular complexity index is 779. The van der Waals surface area contributed by atoms with Crippen molar-refractivity contribution >= 4 is 10.9 Å². The zero-order chi connectivity index (χ0) is 17.2. The van der Waals surface area contributed by atoms with Gasteiger partial charge in [-0.25, -0.2) is 9.97 Å². The van der Waals surface area contributed by atoms with Gasteiger partial charge in [0.05, 0.1) is 17.5 Å².